The summed E-state index contributed by atoms with van der Waals surface area (Å²) in [6, 6.07) is 19.3. The molecule has 0 radical (unpaired) electrons. The fraction of sp³-hybridized carbons (Fsp3) is 0.259. The number of rotatable bonds is 8. The lowest BCUT2D eigenvalue weighted by molar-refractivity contribution is -0.144. The monoisotopic (exact) mass is 485 g/mol. The van der Waals surface area contributed by atoms with Gasteiger partial charge >= 0.3 is 12.1 Å². The van der Waals surface area contributed by atoms with E-state index in [9.17, 15) is 22.8 Å². The highest BCUT2D eigenvalue weighted by Gasteiger charge is 2.30. The largest absolute Gasteiger partial charge is 0.489 e. The number of carbonyl (C=O) groups excluding carboxylic acids is 2. The second-order valence-electron chi connectivity index (χ2n) is 8.20. The van der Waals surface area contributed by atoms with E-state index in [2.05, 4.69) is 0 Å². The smallest absolute Gasteiger partial charge is 0.416 e. The first kappa shape index (κ1) is 25.8. The van der Waals surface area contributed by atoms with Crippen molar-refractivity contribution in [3.05, 3.63) is 89.5 Å². The van der Waals surface area contributed by atoms with E-state index in [0.717, 1.165) is 23.3 Å². The summed E-state index contributed by atoms with van der Waals surface area (Å²) in [5.41, 5.74) is 2.28. The van der Waals surface area contributed by atoms with Crippen molar-refractivity contribution in [1.82, 2.24) is 4.90 Å². The van der Waals surface area contributed by atoms with Gasteiger partial charge in [-0.25, -0.2) is 0 Å². The van der Waals surface area contributed by atoms with E-state index in [4.69, 9.17) is 9.47 Å². The van der Waals surface area contributed by atoms with Gasteiger partial charge in [0, 0.05) is 14.1 Å². The minimum atomic E-state index is -4.37. The molecule has 0 aliphatic carbocycles. The maximum absolute atomic E-state index is 12.8. The molecule has 8 heteroatoms. The van der Waals surface area contributed by atoms with Crippen LogP contribution in [0.15, 0.2) is 72.8 Å². The number of amides is 1. The van der Waals surface area contributed by atoms with Crippen molar-refractivity contribution in [3.8, 4) is 16.9 Å². The van der Waals surface area contributed by atoms with Crippen LogP contribution < -0.4 is 4.74 Å². The summed E-state index contributed by atoms with van der Waals surface area (Å²) >= 11 is 0. The highest BCUT2D eigenvalue weighted by atomic mass is 19.4. The van der Waals surface area contributed by atoms with E-state index in [-0.39, 0.29) is 18.9 Å². The topological polar surface area (TPSA) is 55.8 Å². The predicted octanol–water partition coefficient (Wildman–Crippen LogP) is 5.69. The molecule has 0 bridgehead atoms. The first-order valence-electron chi connectivity index (χ1n) is 10.9. The van der Waals surface area contributed by atoms with Gasteiger partial charge in [0.25, 0.3) is 0 Å². The number of hydrogen-bond donors (Lipinski definition) is 0. The summed E-state index contributed by atoms with van der Waals surface area (Å²) in [5, 5.41) is 0. The van der Waals surface area contributed by atoms with Crippen LogP contribution in [0.25, 0.3) is 11.1 Å². The van der Waals surface area contributed by atoms with Crippen molar-refractivity contribution < 1.29 is 32.2 Å². The van der Waals surface area contributed by atoms with Gasteiger partial charge in [0.2, 0.25) is 5.91 Å². The first-order valence-corrected chi connectivity index (χ1v) is 10.9. The van der Waals surface area contributed by atoms with Crippen molar-refractivity contribution in [3.63, 3.8) is 0 Å². The third-order valence-corrected chi connectivity index (χ3v) is 5.50. The average molecular weight is 486 g/mol. The summed E-state index contributed by atoms with van der Waals surface area (Å²) < 4.78 is 49.0. The molecule has 0 fully saturated rings. The van der Waals surface area contributed by atoms with Gasteiger partial charge in [-0.15, -0.1) is 0 Å². The van der Waals surface area contributed by atoms with Gasteiger partial charge in [-0.05, 0) is 52.6 Å². The van der Waals surface area contributed by atoms with Crippen molar-refractivity contribution in [2.75, 3.05) is 21.2 Å². The molecule has 3 aromatic carbocycles. The normalized spacial score (nSPS) is 12.1. The van der Waals surface area contributed by atoms with Crippen LogP contribution in [0.3, 0.4) is 0 Å². The highest BCUT2D eigenvalue weighted by molar-refractivity contribution is 5.88. The number of hydrogen-bond acceptors (Lipinski definition) is 4. The minimum absolute atomic E-state index is 0.0650. The number of benzene rings is 3. The summed E-state index contributed by atoms with van der Waals surface area (Å²) in [7, 11) is 4.54. The van der Waals surface area contributed by atoms with E-state index >= 15 is 0 Å². The van der Waals surface area contributed by atoms with Gasteiger partial charge in [0.1, 0.15) is 12.4 Å². The number of nitrogens with zero attached hydrogens (tertiary/aromatic N) is 1. The molecule has 3 rings (SSSR count). The lowest BCUT2D eigenvalue weighted by Gasteiger charge is -2.20. The Morgan fingerprint density at radius 1 is 0.914 bits per heavy atom. The van der Waals surface area contributed by atoms with Crippen LogP contribution in [-0.2, 0) is 27.1 Å². The highest BCUT2D eigenvalue weighted by Crippen LogP contribution is 2.31. The molecule has 0 N–H and O–H groups in total. The van der Waals surface area contributed by atoms with Gasteiger partial charge in [0.05, 0.1) is 25.0 Å². The number of methoxy groups -OCH3 is 1. The lowest BCUT2D eigenvalue weighted by atomic mass is 9.94. The number of halogens is 3. The molecule has 1 amide bonds. The minimum Gasteiger partial charge on any atom is -0.489 e. The summed E-state index contributed by atoms with van der Waals surface area (Å²) in [5.74, 6) is -0.766. The quantitative estimate of drug-likeness (QED) is 0.385. The van der Waals surface area contributed by atoms with Crippen LogP contribution in [0, 0.1) is 0 Å². The Morgan fingerprint density at radius 2 is 1.57 bits per heavy atom. The van der Waals surface area contributed by atoms with E-state index < -0.39 is 23.6 Å². The molecule has 0 aliphatic heterocycles. The van der Waals surface area contributed by atoms with Gasteiger partial charge in [-0.3, -0.25) is 9.59 Å². The Morgan fingerprint density at radius 3 is 2.14 bits per heavy atom. The molecule has 0 saturated heterocycles. The molecular formula is C27H26F3NO4. The van der Waals surface area contributed by atoms with E-state index in [1.807, 2.05) is 24.3 Å². The Hall–Kier alpha value is -3.81. The molecule has 0 heterocycles. The maximum Gasteiger partial charge on any atom is 0.416 e. The zero-order valence-electron chi connectivity index (χ0n) is 19.6. The summed E-state index contributed by atoms with van der Waals surface area (Å²) in [6.45, 7) is 0.246. The van der Waals surface area contributed by atoms with Crippen LogP contribution in [0.5, 0.6) is 5.75 Å². The summed E-state index contributed by atoms with van der Waals surface area (Å²) in [4.78, 5) is 25.7. The van der Waals surface area contributed by atoms with Crippen LogP contribution in [-0.4, -0.2) is 38.0 Å². The second kappa shape index (κ2) is 11.1. The van der Waals surface area contributed by atoms with Crippen molar-refractivity contribution >= 4 is 11.9 Å². The van der Waals surface area contributed by atoms with Crippen molar-refractivity contribution in [2.24, 2.45) is 0 Å². The first-order chi connectivity index (χ1) is 16.6. The van der Waals surface area contributed by atoms with E-state index in [0.29, 0.717) is 16.9 Å². The zero-order valence-corrected chi connectivity index (χ0v) is 19.6. The SMILES string of the molecule is COC(=O)CC(C(=O)N(C)C)c1ccc(OCc2cccc(-c3ccc(C(F)(F)F)cc3)c2)cc1. The fourth-order valence-electron chi connectivity index (χ4n) is 3.56. The third-order valence-electron chi connectivity index (χ3n) is 5.50. The molecule has 1 unspecified atom stereocenters. The molecule has 184 valence electrons. The second-order valence-corrected chi connectivity index (χ2v) is 8.20. The standard InChI is InChI=1S/C27H26F3NO4/c1-31(2)26(33)24(16-25(32)34-3)20-9-13-23(14-10-20)35-17-18-5-4-6-21(15-18)19-7-11-22(12-8-19)27(28,29)30/h4-15,24H,16-17H2,1-3H3. The van der Waals surface area contributed by atoms with Crippen LogP contribution in [0.1, 0.15) is 29.0 Å². The zero-order chi connectivity index (χ0) is 25.6. The van der Waals surface area contributed by atoms with Gasteiger partial charge < -0.3 is 14.4 Å². The molecule has 0 saturated carbocycles. The number of ether oxygens (including phenoxy) is 2. The Balaban J connectivity index is 1.69. The van der Waals surface area contributed by atoms with Gasteiger partial charge in [-0.1, -0.05) is 42.5 Å². The molecule has 1 atom stereocenters. The molecule has 0 spiro atoms. The number of alkyl halides is 3. The van der Waals surface area contributed by atoms with Crippen molar-refractivity contribution in [2.45, 2.75) is 25.1 Å². The molecule has 3 aromatic rings. The summed E-state index contributed by atoms with van der Waals surface area (Å²) in [6.07, 6.45) is -4.44. The Labute approximate surface area is 202 Å². The van der Waals surface area contributed by atoms with E-state index in [1.165, 1.54) is 24.1 Å². The number of esters is 1. The average Bonchev–Trinajstić information content (AvgIpc) is 2.85. The van der Waals surface area contributed by atoms with Crippen LogP contribution in [0.4, 0.5) is 13.2 Å². The van der Waals surface area contributed by atoms with E-state index in [1.54, 1.807) is 38.4 Å². The third kappa shape index (κ3) is 6.85. The maximum atomic E-state index is 12.8. The lowest BCUT2D eigenvalue weighted by Crippen LogP contribution is -2.30. The Kier molecular flexibility index (Phi) is 8.17. The molecular weight excluding hydrogens is 459 g/mol. The fourth-order valence-corrected chi connectivity index (χ4v) is 3.56. The van der Waals surface area contributed by atoms with Crippen LogP contribution in [0.2, 0.25) is 0 Å². The number of carbonyl (C=O) groups is 2. The predicted molar refractivity (Wildman–Crippen MR) is 126 cm³/mol. The van der Waals surface area contributed by atoms with Crippen LogP contribution >= 0.6 is 0 Å². The van der Waals surface area contributed by atoms with Crippen molar-refractivity contribution in [1.29, 1.82) is 0 Å². The van der Waals surface area contributed by atoms with Gasteiger partial charge in [0.15, 0.2) is 0 Å². The molecule has 5 nitrogen and oxygen atoms in total. The molecule has 0 aliphatic rings. The van der Waals surface area contributed by atoms with Gasteiger partial charge in [-0.2, -0.15) is 13.2 Å². The number of likely N-dealkylation sites (N-methyl/N-ethyl adjacent to an activating group) is 1. The molecule has 35 heavy (non-hydrogen) atoms. The molecule has 0 aromatic heterocycles. The Bertz CT molecular complexity index is 1160.